The maximum Gasteiger partial charge on any atom is 0.337 e. The number of anilines is 2. The molecule has 0 aliphatic carbocycles. The highest BCUT2D eigenvalue weighted by atomic mass is 16.4. The maximum absolute atomic E-state index is 11.7. The second-order valence-electron chi connectivity index (χ2n) is 4.38. The Morgan fingerprint density at radius 1 is 1.44 bits per heavy atom. The number of carboxylic acid groups (broad SMARTS) is 1. The molecule has 0 bridgehead atoms. The van der Waals surface area contributed by atoms with Crippen LogP contribution in [0, 0.1) is 5.92 Å². The van der Waals surface area contributed by atoms with Crippen molar-refractivity contribution in [1.29, 1.82) is 0 Å². The highest BCUT2D eigenvalue weighted by molar-refractivity contribution is 6.01. The Morgan fingerprint density at radius 3 is 2.67 bits per heavy atom. The van der Waals surface area contributed by atoms with E-state index in [1.807, 2.05) is 13.8 Å². The molecule has 1 unspecified atom stereocenters. The Kier molecular flexibility index (Phi) is 4.71. The fraction of sp³-hybridized carbons (Fsp3) is 0.385. The molecule has 98 valence electrons. The van der Waals surface area contributed by atoms with Crippen molar-refractivity contribution < 1.29 is 14.7 Å². The molecule has 0 saturated heterocycles. The summed E-state index contributed by atoms with van der Waals surface area (Å²) in [6, 6.07) is 4.40. The van der Waals surface area contributed by atoms with E-state index in [2.05, 4.69) is 5.32 Å². The molecule has 4 N–H and O–H groups in total. The Hall–Kier alpha value is -2.04. The molecule has 0 aliphatic heterocycles. The van der Waals surface area contributed by atoms with Crippen LogP contribution in [0.3, 0.4) is 0 Å². The summed E-state index contributed by atoms with van der Waals surface area (Å²) in [5.74, 6) is -1.02. The molecule has 0 aliphatic rings. The lowest BCUT2D eigenvalue weighted by molar-refractivity contribution is -0.117. The molecular formula is C13H18N2O3. The molecule has 0 spiro atoms. The molecule has 0 heterocycles. The van der Waals surface area contributed by atoms with Crippen LogP contribution in [0.1, 0.15) is 37.0 Å². The van der Waals surface area contributed by atoms with Crippen molar-refractivity contribution >= 4 is 23.3 Å². The van der Waals surface area contributed by atoms with E-state index in [4.69, 9.17) is 10.8 Å². The molecule has 1 rings (SSSR count). The first-order valence-electron chi connectivity index (χ1n) is 5.86. The summed E-state index contributed by atoms with van der Waals surface area (Å²) in [4.78, 5) is 22.7. The number of nitrogens with two attached hydrogens (primary N) is 1. The normalized spacial score (nSPS) is 11.9. The number of hydrogen-bond donors (Lipinski definition) is 3. The van der Waals surface area contributed by atoms with E-state index in [9.17, 15) is 9.59 Å². The van der Waals surface area contributed by atoms with Gasteiger partial charge >= 0.3 is 5.97 Å². The van der Waals surface area contributed by atoms with Crippen LogP contribution in [-0.2, 0) is 4.79 Å². The third kappa shape index (κ3) is 3.76. The van der Waals surface area contributed by atoms with Crippen molar-refractivity contribution in [1.82, 2.24) is 0 Å². The minimum Gasteiger partial charge on any atom is -0.478 e. The van der Waals surface area contributed by atoms with Crippen molar-refractivity contribution in [3.05, 3.63) is 23.8 Å². The molecule has 18 heavy (non-hydrogen) atoms. The summed E-state index contributed by atoms with van der Waals surface area (Å²) in [5, 5.41) is 11.6. The average molecular weight is 250 g/mol. The number of amides is 1. The van der Waals surface area contributed by atoms with Gasteiger partial charge < -0.3 is 16.2 Å². The number of carbonyl (C=O) groups excluding carboxylic acids is 1. The smallest absolute Gasteiger partial charge is 0.337 e. The fourth-order valence-corrected chi connectivity index (χ4v) is 1.51. The predicted octanol–water partition coefficient (Wildman–Crippen LogP) is 2.34. The molecule has 1 aromatic rings. The topological polar surface area (TPSA) is 92.4 Å². The van der Waals surface area contributed by atoms with E-state index >= 15 is 0 Å². The Morgan fingerprint density at radius 2 is 2.11 bits per heavy atom. The lowest BCUT2D eigenvalue weighted by Gasteiger charge is -2.11. The minimum absolute atomic E-state index is 0.00695. The predicted molar refractivity (Wildman–Crippen MR) is 70.5 cm³/mol. The highest BCUT2D eigenvalue weighted by Crippen LogP contribution is 2.20. The lowest BCUT2D eigenvalue weighted by Crippen LogP contribution is -2.17. The summed E-state index contributed by atoms with van der Waals surface area (Å²) in [6.45, 7) is 3.98. The highest BCUT2D eigenvalue weighted by Gasteiger charge is 2.14. The van der Waals surface area contributed by atoms with Gasteiger partial charge in [0.1, 0.15) is 0 Å². The van der Waals surface area contributed by atoms with Gasteiger partial charge in [-0.15, -0.1) is 0 Å². The van der Waals surface area contributed by atoms with Gasteiger partial charge in [-0.1, -0.05) is 20.3 Å². The van der Waals surface area contributed by atoms with Gasteiger partial charge in [-0.05, 0) is 24.1 Å². The van der Waals surface area contributed by atoms with Gasteiger partial charge in [0.15, 0.2) is 0 Å². The van der Waals surface area contributed by atoms with E-state index in [1.165, 1.54) is 12.1 Å². The first-order chi connectivity index (χ1) is 8.43. The van der Waals surface area contributed by atoms with Gasteiger partial charge in [-0.3, -0.25) is 4.79 Å². The zero-order valence-corrected chi connectivity index (χ0v) is 10.6. The van der Waals surface area contributed by atoms with E-state index < -0.39 is 5.97 Å². The third-order valence-corrected chi connectivity index (χ3v) is 2.78. The summed E-state index contributed by atoms with van der Waals surface area (Å²) < 4.78 is 0. The van der Waals surface area contributed by atoms with Crippen molar-refractivity contribution in [2.45, 2.75) is 26.7 Å². The molecule has 0 saturated carbocycles. The zero-order chi connectivity index (χ0) is 13.7. The van der Waals surface area contributed by atoms with Crippen molar-refractivity contribution in [2.24, 2.45) is 5.92 Å². The van der Waals surface area contributed by atoms with Crippen LogP contribution in [0.25, 0.3) is 0 Å². The molecule has 5 heteroatoms. The van der Waals surface area contributed by atoms with Crippen LogP contribution < -0.4 is 11.1 Å². The van der Waals surface area contributed by atoms with Gasteiger partial charge in [0, 0.05) is 12.1 Å². The van der Waals surface area contributed by atoms with Gasteiger partial charge in [-0.25, -0.2) is 4.79 Å². The summed E-state index contributed by atoms with van der Waals surface area (Å²) >= 11 is 0. The molecular weight excluding hydrogens is 232 g/mol. The van der Waals surface area contributed by atoms with Crippen LogP contribution >= 0.6 is 0 Å². The minimum atomic E-state index is -1.11. The Bertz CT molecular complexity index is 458. The van der Waals surface area contributed by atoms with Crippen molar-refractivity contribution in [2.75, 3.05) is 11.1 Å². The number of benzene rings is 1. The second-order valence-corrected chi connectivity index (χ2v) is 4.38. The number of hydrogen-bond acceptors (Lipinski definition) is 3. The van der Waals surface area contributed by atoms with Gasteiger partial charge in [0.2, 0.25) is 5.91 Å². The Labute approximate surface area is 106 Å². The number of aromatic carboxylic acids is 1. The first kappa shape index (κ1) is 14.0. The van der Waals surface area contributed by atoms with E-state index in [-0.39, 0.29) is 23.1 Å². The van der Waals surface area contributed by atoms with Gasteiger partial charge in [0.05, 0.1) is 11.3 Å². The Balaban J connectivity index is 2.84. The van der Waals surface area contributed by atoms with Crippen LogP contribution in [0.15, 0.2) is 18.2 Å². The SMILES string of the molecule is CCC(C)CC(=O)Nc1ccc(N)cc1C(=O)O. The molecule has 1 amide bonds. The first-order valence-corrected chi connectivity index (χ1v) is 5.86. The largest absolute Gasteiger partial charge is 0.478 e. The number of carboxylic acids is 1. The molecule has 0 radical (unpaired) electrons. The van der Waals surface area contributed by atoms with E-state index in [0.717, 1.165) is 6.42 Å². The average Bonchev–Trinajstić information content (AvgIpc) is 2.30. The number of nitrogen functional groups attached to an aromatic ring is 1. The summed E-state index contributed by atoms with van der Waals surface area (Å²) in [5.41, 5.74) is 6.17. The van der Waals surface area contributed by atoms with E-state index in [0.29, 0.717) is 12.1 Å². The van der Waals surface area contributed by atoms with Gasteiger partial charge in [0.25, 0.3) is 0 Å². The maximum atomic E-state index is 11.7. The third-order valence-electron chi connectivity index (χ3n) is 2.78. The van der Waals surface area contributed by atoms with Gasteiger partial charge in [-0.2, -0.15) is 0 Å². The standard InChI is InChI=1S/C13H18N2O3/c1-3-8(2)6-12(16)15-11-5-4-9(14)7-10(11)13(17)18/h4-5,7-8H,3,6,14H2,1-2H3,(H,15,16)(H,17,18). The lowest BCUT2D eigenvalue weighted by atomic mass is 10.0. The van der Waals surface area contributed by atoms with Crippen LogP contribution in [-0.4, -0.2) is 17.0 Å². The van der Waals surface area contributed by atoms with E-state index in [1.54, 1.807) is 6.07 Å². The molecule has 0 aromatic heterocycles. The van der Waals surface area contributed by atoms with Crippen molar-refractivity contribution in [3.63, 3.8) is 0 Å². The molecule has 1 atom stereocenters. The second kappa shape index (κ2) is 6.05. The van der Waals surface area contributed by atoms with Crippen molar-refractivity contribution in [3.8, 4) is 0 Å². The number of nitrogens with one attached hydrogen (secondary N) is 1. The monoisotopic (exact) mass is 250 g/mol. The summed E-state index contributed by atoms with van der Waals surface area (Å²) in [6.07, 6.45) is 1.28. The van der Waals surface area contributed by atoms with Crippen LogP contribution in [0.2, 0.25) is 0 Å². The fourth-order valence-electron chi connectivity index (χ4n) is 1.51. The molecule has 5 nitrogen and oxygen atoms in total. The number of rotatable bonds is 5. The van der Waals surface area contributed by atoms with Crippen LogP contribution in [0.4, 0.5) is 11.4 Å². The van der Waals surface area contributed by atoms with Crippen LogP contribution in [0.5, 0.6) is 0 Å². The molecule has 0 fully saturated rings. The zero-order valence-electron chi connectivity index (χ0n) is 10.6. The molecule has 1 aromatic carbocycles. The number of carbonyl (C=O) groups is 2. The quantitative estimate of drug-likeness (QED) is 0.699. The summed E-state index contributed by atoms with van der Waals surface area (Å²) in [7, 11) is 0.